The van der Waals surface area contributed by atoms with Gasteiger partial charge in [-0.3, -0.25) is 4.90 Å². The van der Waals surface area contributed by atoms with E-state index in [4.69, 9.17) is 21.1 Å². The fourth-order valence-electron chi connectivity index (χ4n) is 3.22. The van der Waals surface area contributed by atoms with E-state index in [1.165, 1.54) is 16.4 Å². The molecule has 2 aromatic rings. The van der Waals surface area contributed by atoms with E-state index in [9.17, 15) is 13.5 Å². The van der Waals surface area contributed by atoms with Crippen LogP contribution in [0.1, 0.15) is 5.56 Å². The molecule has 0 radical (unpaired) electrons. The maximum atomic E-state index is 12.7. The zero-order valence-corrected chi connectivity index (χ0v) is 16.0. The minimum atomic E-state index is -3.53. The molecule has 144 valence electrons. The van der Waals surface area contributed by atoms with Crippen molar-refractivity contribution in [3.63, 3.8) is 0 Å². The number of nitrogens with zero attached hydrogens (tertiary/aromatic N) is 2. The van der Waals surface area contributed by atoms with Gasteiger partial charge in [0.1, 0.15) is 5.75 Å². The van der Waals surface area contributed by atoms with E-state index < -0.39 is 10.0 Å². The Morgan fingerprint density at radius 2 is 1.63 bits per heavy atom. The first-order chi connectivity index (χ1) is 12.9. The summed E-state index contributed by atoms with van der Waals surface area (Å²) in [5.41, 5.74) is 0.730. The summed E-state index contributed by atoms with van der Waals surface area (Å²) in [6.07, 6.45) is 0. The summed E-state index contributed by atoms with van der Waals surface area (Å²) in [6.45, 7) is 2.57. The number of sulfonamides is 1. The molecule has 4 rings (SSSR count). The SMILES string of the molecule is O=S(=O)(c1ccc(Cl)cc1)N1CCN(Cc2cc3c(cc2O)OCO3)CC1. The normalized spacial score (nSPS) is 18.0. The third-order valence-electron chi connectivity index (χ3n) is 4.75. The van der Waals surface area contributed by atoms with Gasteiger partial charge in [0, 0.05) is 49.4 Å². The first-order valence-electron chi connectivity index (χ1n) is 8.53. The third-order valence-corrected chi connectivity index (χ3v) is 6.92. The molecule has 0 aliphatic carbocycles. The highest BCUT2D eigenvalue weighted by Crippen LogP contribution is 2.38. The largest absolute Gasteiger partial charge is 0.507 e. The van der Waals surface area contributed by atoms with Crippen LogP contribution < -0.4 is 9.47 Å². The topological polar surface area (TPSA) is 79.3 Å². The third kappa shape index (κ3) is 3.70. The van der Waals surface area contributed by atoms with Gasteiger partial charge in [0.2, 0.25) is 16.8 Å². The standard InChI is InChI=1S/C18H19ClN2O5S/c19-14-1-3-15(4-2-14)27(23,24)21-7-5-20(6-8-21)11-13-9-17-18(10-16(13)22)26-12-25-17/h1-4,9-10,22H,5-8,11-12H2. The minimum absolute atomic E-state index is 0.149. The summed E-state index contributed by atoms with van der Waals surface area (Å²) < 4.78 is 37.6. The minimum Gasteiger partial charge on any atom is -0.507 e. The number of phenols is 1. The van der Waals surface area contributed by atoms with E-state index in [0.29, 0.717) is 49.2 Å². The highest BCUT2D eigenvalue weighted by molar-refractivity contribution is 7.89. The molecule has 2 heterocycles. The predicted octanol–water partition coefficient (Wildman–Crippen LogP) is 2.28. The predicted molar refractivity (Wildman–Crippen MR) is 99.7 cm³/mol. The van der Waals surface area contributed by atoms with Crippen molar-refractivity contribution in [2.45, 2.75) is 11.4 Å². The van der Waals surface area contributed by atoms with E-state index in [0.717, 1.165) is 5.56 Å². The average Bonchev–Trinajstić information content (AvgIpc) is 3.10. The second-order valence-electron chi connectivity index (χ2n) is 6.47. The van der Waals surface area contributed by atoms with Crippen molar-refractivity contribution in [2.75, 3.05) is 33.0 Å². The van der Waals surface area contributed by atoms with Crippen molar-refractivity contribution in [3.05, 3.63) is 47.0 Å². The summed E-state index contributed by atoms with van der Waals surface area (Å²) >= 11 is 5.84. The van der Waals surface area contributed by atoms with Crippen molar-refractivity contribution in [3.8, 4) is 17.2 Å². The van der Waals surface area contributed by atoms with Crippen LogP contribution in [0.5, 0.6) is 17.2 Å². The molecule has 0 aromatic heterocycles. The number of hydrogen-bond donors (Lipinski definition) is 1. The van der Waals surface area contributed by atoms with E-state index in [1.54, 1.807) is 24.3 Å². The Labute approximate surface area is 162 Å². The number of hydrogen-bond acceptors (Lipinski definition) is 6. The number of phenolic OH excluding ortho intramolecular Hbond substituents is 1. The molecule has 9 heteroatoms. The molecule has 0 saturated carbocycles. The van der Waals surface area contributed by atoms with Gasteiger partial charge in [-0.15, -0.1) is 0 Å². The summed E-state index contributed by atoms with van der Waals surface area (Å²) in [5.74, 6) is 1.30. The zero-order chi connectivity index (χ0) is 19.0. The van der Waals surface area contributed by atoms with Gasteiger partial charge in [-0.1, -0.05) is 11.6 Å². The smallest absolute Gasteiger partial charge is 0.243 e. The lowest BCUT2D eigenvalue weighted by atomic mass is 10.1. The molecule has 7 nitrogen and oxygen atoms in total. The fraction of sp³-hybridized carbons (Fsp3) is 0.333. The Morgan fingerprint density at radius 1 is 1.00 bits per heavy atom. The second-order valence-corrected chi connectivity index (χ2v) is 8.84. The molecule has 27 heavy (non-hydrogen) atoms. The molecular weight excluding hydrogens is 392 g/mol. The molecule has 0 atom stereocenters. The summed E-state index contributed by atoms with van der Waals surface area (Å²) in [6, 6.07) is 9.52. The molecule has 0 bridgehead atoms. The lowest BCUT2D eigenvalue weighted by molar-refractivity contribution is 0.173. The van der Waals surface area contributed by atoms with E-state index in [1.807, 2.05) is 0 Å². The van der Waals surface area contributed by atoms with Crippen molar-refractivity contribution in [1.29, 1.82) is 0 Å². The lowest BCUT2D eigenvalue weighted by Gasteiger charge is -2.34. The van der Waals surface area contributed by atoms with Gasteiger partial charge in [0.15, 0.2) is 11.5 Å². The highest BCUT2D eigenvalue weighted by Gasteiger charge is 2.29. The van der Waals surface area contributed by atoms with Crippen LogP contribution in [0.2, 0.25) is 5.02 Å². The van der Waals surface area contributed by atoms with Crippen LogP contribution in [0.4, 0.5) is 0 Å². The van der Waals surface area contributed by atoms with Crippen LogP contribution >= 0.6 is 11.6 Å². The van der Waals surface area contributed by atoms with Gasteiger partial charge in [0.25, 0.3) is 0 Å². The first kappa shape index (κ1) is 18.4. The zero-order valence-electron chi connectivity index (χ0n) is 14.5. The Hall–Kier alpha value is -2.00. The van der Waals surface area contributed by atoms with Crippen LogP contribution in [0.25, 0.3) is 0 Å². The van der Waals surface area contributed by atoms with Crippen molar-refractivity contribution in [1.82, 2.24) is 9.21 Å². The number of ether oxygens (including phenoxy) is 2. The Morgan fingerprint density at radius 3 is 2.30 bits per heavy atom. The van der Waals surface area contributed by atoms with E-state index >= 15 is 0 Å². The summed E-state index contributed by atoms with van der Waals surface area (Å²) in [7, 11) is -3.53. The highest BCUT2D eigenvalue weighted by atomic mass is 35.5. The summed E-state index contributed by atoms with van der Waals surface area (Å²) in [4.78, 5) is 2.35. The molecule has 1 N–H and O–H groups in total. The van der Waals surface area contributed by atoms with Gasteiger partial charge in [-0.25, -0.2) is 8.42 Å². The van der Waals surface area contributed by atoms with Gasteiger partial charge in [-0.05, 0) is 30.3 Å². The van der Waals surface area contributed by atoms with Crippen LogP contribution in [0.3, 0.4) is 0 Å². The van der Waals surface area contributed by atoms with Crippen molar-refractivity contribution >= 4 is 21.6 Å². The Balaban J connectivity index is 1.41. The first-order valence-corrected chi connectivity index (χ1v) is 10.3. The van der Waals surface area contributed by atoms with Gasteiger partial charge in [-0.2, -0.15) is 4.31 Å². The quantitative estimate of drug-likeness (QED) is 0.833. The van der Waals surface area contributed by atoms with Crippen LogP contribution in [-0.4, -0.2) is 55.7 Å². The lowest BCUT2D eigenvalue weighted by Crippen LogP contribution is -2.48. The molecule has 0 unspecified atom stereocenters. The maximum absolute atomic E-state index is 12.7. The molecule has 2 aliphatic rings. The molecule has 1 fully saturated rings. The molecule has 0 amide bonds. The number of benzene rings is 2. The van der Waals surface area contributed by atoms with Crippen molar-refractivity contribution in [2.24, 2.45) is 0 Å². The van der Waals surface area contributed by atoms with Crippen LogP contribution in [0.15, 0.2) is 41.3 Å². The number of fused-ring (bicyclic) bond motifs is 1. The van der Waals surface area contributed by atoms with Crippen molar-refractivity contribution < 1.29 is 23.0 Å². The Bertz CT molecular complexity index is 941. The number of aromatic hydroxyl groups is 1. The van der Waals surface area contributed by atoms with E-state index in [-0.39, 0.29) is 17.4 Å². The Kier molecular flexibility index (Phi) is 4.90. The molecule has 2 aliphatic heterocycles. The molecule has 0 spiro atoms. The van der Waals surface area contributed by atoms with Gasteiger partial charge >= 0.3 is 0 Å². The number of halogens is 1. The molecule has 1 saturated heterocycles. The monoisotopic (exact) mass is 410 g/mol. The maximum Gasteiger partial charge on any atom is 0.243 e. The number of rotatable bonds is 4. The fourth-order valence-corrected chi connectivity index (χ4v) is 4.77. The van der Waals surface area contributed by atoms with Crippen LogP contribution in [0, 0.1) is 0 Å². The summed E-state index contributed by atoms with van der Waals surface area (Å²) in [5, 5.41) is 10.7. The van der Waals surface area contributed by atoms with Crippen LogP contribution in [-0.2, 0) is 16.6 Å². The molecular formula is C18H19ClN2O5S. The van der Waals surface area contributed by atoms with Gasteiger partial charge < -0.3 is 14.6 Å². The van der Waals surface area contributed by atoms with E-state index in [2.05, 4.69) is 4.90 Å². The number of piperazine rings is 1. The second kappa shape index (κ2) is 7.20. The molecule has 2 aromatic carbocycles. The average molecular weight is 411 g/mol. The van der Waals surface area contributed by atoms with Gasteiger partial charge in [0.05, 0.1) is 4.90 Å².